The number of sulfonamides is 1. The number of aromatic carboxylic acids is 1. The first-order valence-electron chi connectivity index (χ1n) is 5.42. The van der Waals surface area contributed by atoms with Gasteiger partial charge in [0.2, 0.25) is 0 Å². The molecule has 106 valence electrons. The minimum atomic E-state index is -3.79. The molecule has 0 amide bonds. The zero-order valence-electron chi connectivity index (χ0n) is 10.3. The Morgan fingerprint density at radius 2 is 2.00 bits per heavy atom. The fourth-order valence-corrected chi connectivity index (χ4v) is 4.43. The summed E-state index contributed by atoms with van der Waals surface area (Å²) in [5.41, 5.74) is 1.39. The van der Waals surface area contributed by atoms with Gasteiger partial charge in [-0.15, -0.1) is 11.3 Å². The van der Waals surface area contributed by atoms with Crippen LogP contribution in [0.15, 0.2) is 39.0 Å². The highest BCUT2D eigenvalue weighted by molar-refractivity contribution is 9.10. The second-order valence-corrected chi connectivity index (χ2v) is 7.86. The summed E-state index contributed by atoms with van der Waals surface area (Å²) in [6, 6.07) is 7.75. The Morgan fingerprint density at radius 1 is 1.30 bits per heavy atom. The lowest BCUT2D eigenvalue weighted by atomic mass is 10.2. The lowest BCUT2D eigenvalue weighted by molar-refractivity contribution is 0.0702. The number of aryl methyl sites for hydroxylation is 1. The number of hydrogen-bond acceptors (Lipinski definition) is 4. The summed E-state index contributed by atoms with van der Waals surface area (Å²) in [7, 11) is -3.79. The van der Waals surface area contributed by atoms with Crippen LogP contribution in [0.2, 0.25) is 0 Å². The number of nitrogens with one attached hydrogen (secondary N) is 1. The van der Waals surface area contributed by atoms with E-state index < -0.39 is 16.0 Å². The molecule has 0 radical (unpaired) electrons. The molecule has 0 saturated heterocycles. The van der Waals surface area contributed by atoms with Crippen molar-refractivity contribution in [2.45, 2.75) is 11.1 Å². The summed E-state index contributed by atoms with van der Waals surface area (Å²) in [5, 5.41) is 8.82. The van der Waals surface area contributed by atoms with Gasteiger partial charge in [-0.2, -0.15) is 0 Å². The lowest BCUT2D eigenvalue weighted by Gasteiger charge is -2.08. The Kier molecular flexibility index (Phi) is 4.17. The molecule has 0 aliphatic carbocycles. The van der Waals surface area contributed by atoms with Crippen LogP contribution in [0.1, 0.15) is 15.2 Å². The van der Waals surface area contributed by atoms with Crippen molar-refractivity contribution < 1.29 is 18.3 Å². The van der Waals surface area contributed by atoms with Gasteiger partial charge in [-0.25, -0.2) is 13.2 Å². The third kappa shape index (κ3) is 3.20. The molecule has 0 atom stereocenters. The minimum Gasteiger partial charge on any atom is -0.477 e. The van der Waals surface area contributed by atoms with E-state index in [2.05, 4.69) is 20.7 Å². The Balaban J connectivity index is 2.33. The van der Waals surface area contributed by atoms with Crippen LogP contribution in [0.4, 0.5) is 5.69 Å². The predicted molar refractivity (Wildman–Crippen MR) is 81.0 cm³/mol. The molecule has 0 bridgehead atoms. The van der Waals surface area contributed by atoms with E-state index in [9.17, 15) is 13.2 Å². The molecule has 0 aliphatic rings. The second kappa shape index (κ2) is 5.55. The van der Waals surface area contributed by atoms with Gasteiger partial charge in [-0.3, -0.25) is 4.72 Å². The molecule has 2 aromatic rings. The maximum Gasteiger partial charge on any atom is 0.345 e. The zero-order chi connectivity index (χ0) is 14.9. The molecule has 1 aromatic heterocycles. The van der Waals surface area contributed by atoms with Crippen LogP contribution in [0.3, 0.4) is 0 Å². The van der Waals surface area contributed by atoms with Crippen molar-refractivity contribution in [3.8, 4) is 0 Å². The normalized spacial score (nSPS) is 11.3. The number of halogens is 1. The second-order valence-electron chi connectivity index (χ2n) is 4.01. The minimum absolute atomic E-state index is 0.0200. The van der Waals surface area contributed by atoms with Gasteiger partial charge in [0, 0.05) is 4.47 Å². The summed E-state index contributed by atoms with van der Waals surface area (Å²) in [4.78, 5) is 10.8. The molecular formula is C12H10BrNO4S2. The van der Waals surface area contributed by atoms with Crippen LogP contribution in [-0.4, -0.2) is 19.5 Å². The average Bonchev–Trinajstić information content (AvgIpc) is 2.83. The lowest BCUT2D eigenvalue weighted by Crippen LogP contribution is -2.11. The molecule has 0 saturated carbocycles. The number of carbonyl (C=O) groups is 1. The van der Waals surface area contributed by atoms with Crippen LogP contribution in [-0.2, 0) is 10.0 Å². The van der Waals surface area contributed by atoms with E-state index in [0.29, 0.717) is 21.5 Å². The van der Waals surface area contributed by atoms with Crippen LogP contribution in [0, 0.1) is 6.92 Å². The number of benzene rings is 1. The third-order valence-electron chi connectivity index (χ3n) is 2.43. The predicted octanol–water partition coefficient (Wildman–Crippen LogP) is 3.32. The molecule has 0 unspecified atom stereocenters. The van der Waals surface area contributed by atoms with Crippen molar-refractivity contribution in [3.05, 3.63) is 45.2 Å². The van der Waals surface area contributed by atoms with E-state index in [0.717, 1.165) is 5.56 Å². The highest BCUT2D eigenvalue weighted by Crippen LogP contribution is 2.28. The molecule has 0 fully saturated rings. The number of thiophene rings is 1. The molecule has 2 N–H and O–H groups in total. The first kappa shape index (κ1) is 15.0. The van der Waals surface area contributed by atoms with Gasteiger partial charge in [0.15, 0.2) is 0 Å². The van der Waals surface area contributed by atoms with Crippen molar-refractivity contribution >= 4 is 48.9 Å². The van der Waals surface area contributed by atoms with E-state index in [1.54, 1.807) is 18.2 Å². The zero-order valence-corrected chi connectivity index (χ0v) is 13.5. The van der Waals surface area contributed by atoms with E-state index in [1.807, 2.05) is 6.92 Å². The van der Waals surface area contributed by atoms with Crippen LogP contribution < -0.4 is 4.72 Å². The standard InChI is InChI=1S/C12H10BrNO4S2/c1-7-2-3-9(8(13)6-7)14-20(17,18)11-5-4-10(19-11)12(15)16/h2-6,14H,1H3,(H,15,16). The van der Waals surface area contributed by atoms with Crippen molar-refractivity contribution in [3.63, 3.8) is 0 Å². The van der Waals surface area contributed by atoms with E-state index in [-0.39, 0.29) is 9.09 Å². The van der Waals surface area contributed by atoms with E-state index in [4.69, 9.17) is 5.11 Å². The fraction of sp³-hybridized carbons (Fsp3) is 0.0833. The third-order valence-corrected chi connectivity index (χ3v) is 6.01. The maximum absolute atomic E-state index is 12.2. The number of hydrogen-bond donors (Lipinski definition) is 2. The van der Waals surface area contributed by atoms with E-state index >= 15 is 0 Å². The van der Waals surface area contributed by atoms with Gasteiger partial charge in [-0.05, 0) is 52.7 Å². The fourth-order valence-electron chi connectivity index (χ4n) is 1.48. The first-order chi connectivity index (χ1) is 9.29. The summed E-state index contributed by atoms with van der Waals surface area (Å²) in [6.07, 6.45) is 0. The van der Waals surface area contributed by atoms with Gasteiger partial charge in [0.1, 0.15) is 9.09 Å². The molecule has 1 aromatic carbocycles. The van der Waals surface area contributed by atoms with Crippen molar-refractivity contribution in [2.75, 3.05) is 4.72 Å². The topological polar surface area (TPSA) is 83.5 Å². The Hall–Kier alpha value is -1.38. The van der Waals surface area contributed by atoms with Crippen LogP contribution in [0.25, 0.3) is 0 Å². The monoisotopic (exact) mass is 375 g/mol. The molecule has 0 spiro atoms. The molecule has 5 nitrogen and oxygen atoms in total. The van der Waals surface area contributed by atoms with Crippen LogP contribution >= 0.6 is 27.3 Å². The average molecular weight is 376 g/mol. The van der Waals surface area contributed by atoms with E-state index in [1.165, 1.54) is 12.1 Å². The quantitative estimate of drug-likeness (QED) is 0.858. The van der Waals surface area contributed by atoms with Crippen molar-refractivity contribution in [1.29, 1.82) is 0 Å². The number of carboxylic acids is 1. The smallest absolute Gasteiger partial charge is 0.345 e. The SMILES string of the molecule is Cc1ccc(NS(=O)(=O)c2ccc(C(=O)O)s2)c(Br)c1. The largest absolute Gasteiger partial charge is 0.477 e. The number of carboxylic acid groups (broad SMARTS) is 1. The summed E-state index contributed by atoms with van der Waals surface area (Å²) in [5.74, 6) is -1.15. The molecule has 1 heterocycles. The van der Waals surface area contributed by atoms with Gasteiger partial charge in [0.25, 0.3) is 10.0 Å². The van der Waals surface area contributed by atoms with Gasteiger partial charge < -0.3 is 5.11 Å². The number of anilines is 1. The highest BCUT2D eigenvalue weighted by Gasteiger charge is 2.20. The highest BCUT2D eigenvalue weighted by atomic mass is 79.9. The van der Waals surface area contributed by atoms with Gasteiger partial charge in [-0.1, -0.05) is 6.07 Å². The Bertz CT molecular complexity index is 768. The van der Waals surface area contributed by atoms with Crippen molar-refractivity contribution in [2.24, 2.45) is 0 Å². The van der Waals surface area contributed by atoms with Gasteiger partial charge >= 0.3 is 5.97 Å². The van der Waals surface area contributed by atoms with Crippen LogP contribution in [0.5, 0.6) is 0 Å². The molecule has 20 heavy (non-hydrogen) atoms. The summed E-state index contributed by atoms with van der Waals surface area (Å²) in [6.45, 7) is 1.89. The van der Waals surface area contributed by atoms with Gasteiger partial charge in [0.05, 0.1) is 5.69 Å². The molecular weight excluding hydrogens is 366 g/mol. The Morgan fingerprint density at radius 3 is 2.55 bits per heavy atom. The number of rotatable bonds is 4. The Labute approximate surface area is 128 Å². The molecule has 2 rings (SSSR count). The molecule has 0 aliphatic heterocycles. The summed E-state index contributed by atoms with van der Waals surface area (Å²) >= 11 is 3.99. The first-order valence-corrected chi connectivity index (χ1v) is 8.51. The van der Waals surface area contributed by atoms with Crippen molar-refractivity contribution in [1.82, 2.24) is 0 Å². The molecule has 8 heteroatoms. The maximum atomic E-state index is 12.2. The summed E-state index contributed by atoms with van der Waals surface area (Å²) < 4.78 is 27.3.